The molecule has 1 saturated heterocycles. The maximum atomic E-state index is 11.2. The van der Waals surface area contributed by atoms with Crippen molar-refractivity contribution in [2.24, 2.45) is 11.8 Å². The van der Waals surface area contributed by atoms with Gasteiger partial charge in [0.05, 0.1) is 5.92 Å². The van der Waals surface area contributed by atoms with Crippen LogP contribution in [0.5, 0.6) is 5.75 Å². The number of hydrogen-bond donors (Lipinski definition) is 2. The fraction of sp³-hybridized carbons (Fsp3) is 0.462. The van der Waals surface area contributed by atoms with Crippen LogP contribution >= 0.6 is 15.9 Å². The van der Waals surface area contributed by atoms with E-state index < -0.39 is 11.9 Å². The first-order valence-electron chi connectivity index (χ1n) is 5.98. The van der Waals surface area contributed by atoms with Crippen LogP contribution in [0, 0.1) is 11.8 Å². The predicted molar refractivity (Wildman–Crippen MR) is 71.7 cm³/mol. The van der Waals surface area contributed by atoms with Crippen LogP contribution in [-0.2, 0) is 4.79 Å². The first kappa shape index (κ1) is 13.4. The Morgan fingerprint density at radius 3 is 2.78 bits per heavy atom. The molecule has 1 aliphatic heterocycles. The Balaban J connectivity index is 1.93. The van der Waals surface area contributed by atoms with Gasteiger partial charge in [0, 0.05) is 4.47 Å². The molecule has 2 N–H and O–H groups in total. The maximum absolute atomic E-state index is 11.2. The van der Waals surface area contributed by atoms with Gasteiger partial charge >= 0.3 is 5.97 Å². The van der Waals surface area contributed by atoms with Crippen LogP contribution in [0.3, 0.4) is 0 Å². The second-order valence-corrected chi connectivity index (χ2v) is 5.38. The van der Waals surface area contributed by atoms with Crippen molar-refractivity contribution in [3.8, 4) is 5.75 Å². The van der Waals surface area contributed by atoms with Crippen molar-refractivity contribution >= 4 is 21.9 Å². The molecular formula is C13H16BrNO3. The van der Waals surface area contributed by atoms with Crippen LogP contribution in [0.4, 0.5) is 0 Å². The summed E-state index contributed by atoms with van der Waals surface area (Å²) >= 11 is 3.34. The van der Waals surface area contributed by atoms with Gasteiger partial charge in [0.1, 0.15) is 12.4 Å². The van der Waals surface area contributed by atoms with Crippen LogP contribution in [-0.4, -0.2) is 30.8 Å². The van der Waals surface area contributed by atoms with Crippen molar-refractivity contribution < 1.29 is 14.6 Å². The number of benzene rings is 1. The Hall–Kier alpha value is -1.07. The van der Waals surface area contributed by atoms with Crippen molar-refractivity contribution in [3.05, 3.63) is 28.7 Å². The maximum Gasteiger partial charge on any atom is 0.310 e. The molecule has 0 aliphatic carbocycles. The first-order valence-corrected chi connectivity index (χ1v) is 6.78. The van der Waals surface area contributed by atoms with Crippen molar-refractivity contribution in [3.63, 3.8) is 0 Å². The van der Waals surface area contributed by atoms with Gasteiger partial charge in [0.2, 0.25) is 0 Å². The third-order valence-electron chi connectivity index (χ3n) is 3.23. The van der Waals surface area contributed by atoms with Gasteiger partial charge in [-0.05, 0) is 49.7 Å². The number of carbonyl (C=O) groups is 1. The van der Waals surface area contributed by atoms with E-state index in [-0.39, 0.29) is 12.5 Å². The normalized spacial score (nSPS) is 20.6. The van der Waals surface area contributed by atoms with E-state index in [2.05, 4.69) is 21.2 Å². The van der Waals surface area contributed by atoms with Gasteiger partial charge in [0.15, 0.2) is 0 Å². The van der Waals surface area contributed by atoms with E-state index in [9.17, 15) is 9.90 Å². The SMILES string of the molecule is O=C(O)C(COc1ccc(Br)cc1)C1CCNC1. The van der Waals surface area contributed by atoms with Crippen molar-refractivity contribution in [2.45, 2.75) is 6.42 Å². The fourth-order valence-corrected chi connectivity index (χ4v) is 2.41. The summed E-state index contributed by atoms with van der Waals surface area (Å²) in [6.07, 6.45) is 0.903. The number of halogens is 1. The Labute approximate surface area is 114 Å². The summed E-state index contributed by atoms with van der Waals surface area (Å²) in [7, 11) is 0. The molecule has 0 bridgehead atoms. The van der Waals surface area contributed by atoms with Crippen LogP contribution in [0.2, 0.25) is 0 Å². The van der Waals surface area contributed by atoms with Gasteiger partial charge in [-0.15, -0.1) is 0 Å². The topological polar surface area (TPSA) is 58.6 Å². The average Bonchev–Trinajstić information content (AvgIpc) is 2.85. The zero-order valence-electron chi connectivity index (χ0n) is 9.93. The van der Waals surface area contributed by atoms with Gasteiger partial charge in [-0.1, -0.05) is 15.9 Å². The molecule has 0 aromatic heterocycles. The first-order chi connectivity index (χ1) is 8.66. The van der Waals surface area contributed by atoms with Crippen LogP contribution in [0.1, 0.15) is 6.42 Å². The molecular weight excluding hydrogens is 298 g/mol. The second kappa shape index (κ2) is 6.20. The highest BCUT2D eigenvalue weighted by Gasteiger charge is 2.31. The highest BCUT2D eigenvalue weighted by Crippen LogP contribution is 2.22. The van der Waals surface area contributed by atoms with Gasteiger partial charge in [-0.2, -0.15) is 0 Å². The molecule has 0 radical (unpaired) electrons. The molecule has 2 atom stereocenters. The average molecular weight is 314 g/mol. The van der Waals surface area contributed by atoms with E-state index in [0.717, 1.165) is 24.0 Å². The summed E-state index contributed by atoms with van der Waals surface area (Å²) < 4.78 is 6.54. The quantitative estimate of drug-likeness (QED) is 0.874. The fourth-order valence-electron chi connectivity index (χ4n) is 2.15. The molecule has 98 valence electrons. The standard InChI is InChI=1S/C13H16BrNO3/c14-10-1-3-11(4-2-10)18-8-12(13(16)17)9-5-6-15-7-9/h1-4,9,12,15H,5-8H2,(H,16,17). The molecule has 18 heavy (non-hydrogen) atoms. The van der Waals surface area contributed by atoms with Gasteiger partial charge in [-0.3, -0.25) is 4.79 Å². The summed E-state index contributed by atoms with van der Waals surface area (Å²) in [5, 5.41) is 12.4. The lowest BCUT2D eigenvalue weighted by Gasteiger charge is -2.19. The largest absolute Gasteiger partial charge is 0.493 e. The number of carboxylic acid groups (broad SMARTS) is 1. The molecule has 1 aromatic carbocycles. The van der Waals surface area contributed by atoms with Crippen LogP contribution in [0.15, 0.2) is 28.7 Å². The van der Waals surface area contributed by atoms with Crippen molar-refractivity contribution in [1.29, 1.82) is 0 Å². The van der Waals surface area contributed by atoms with E-state index in [1.807, 2.05) is 24.3 Å². The highest BCUT2D eigenvalue weighted by atomic mass is 79.9. The molecule has 1 aliphatic rings. The Kier molecular flexibility index (Phi) is 4.60. The summed E-state index contributed by atoms with van der Waals surface area (Å²) in [4.78, 5) is 11.2. The number of hydrogen-bond acceptors (Lipinski definition) is 3. The molecule has 2 rings (SSSR count). The van der Waals surface area contributed by atoms with Gasteiger partial charge < -0.3 is 15.2 Å². The minimum atomic E-state index is -0.777. The highest BCUT2D eigenvalue weighted by molar-refractivity contribution is 9.10. The number of ether oxygens (including phenoxy) is 1. The smallest absolute Gasteiger partial charge is 0.310 e. The molecule has 0 amide bonds. The number of aliphatic carboxylic acids is 1. The molecule has 0 saturated carbocycles. The van der Waals surface area contributed by atoms with Crippen LogP contribution < -0.4 is 10.1 Å². The zero-order valence-corrected chi connectivity index (χ0v) is 11.5. The van der Waals surface area contributed by atoms with Crippen molar-refractivity contribution in [1.82, 2.24) is 5.32 Å². The Bertz CT molecular complexity index is 401. The van der Waals surface area contributed by atoms with E-state index >= 15 is 0 Å². The predicted octanol–water partition coefficient (Wildman–Crippen LogP) is 2.14. The van der Waals surface area contributed by atoms with E-state index in [1.165, 1.54) is 0 Å². The molecule has 0 spiro atoms. The molecule has 2 unspecified atom stereocenters. The van der Waals surface area contributed by atoms with E-state index in [0.29, 0.717) is 5.75 Å². The van der Waals surface area contributed by atoms with E-state index in [4.69, 9.17) is 4.74 Å². The van der Waals surface area contributed by atoms with Gasteiger partial charge in [-0.25, -0.2) is 0 Å². The number of carboxylic acids is 1. The minimum Gasteiger partial charge on any atom is -0.493 e. The van der Waals surface area contributed by atoms with Crippen molar-refractivity contribution in [2.75, 3.05) is 19.7 Å². The number of nitrogens with one attached hydrogen (secondary N) is 1. The van der Waals surface area contributed by atoms with Gasteiger partial charge in [0.25, 0.3) is 0 Å². The molecule has 1 fully saturated rings. The Morgan fingerprint density at radius 1 is 1.50 bits per heavy atom. The number of rotatable bonds is 5. The van der Waals surface area contributed by atoms with Crippen LogP contribution in [0.25, 0.3) is 0 Å². The van der Waals surface area contributed by atoms with E-state index in [1.54, 1.807) is 0 Å². The summed E-state index contributed by atoms with van der Waals surface area (Å²) in [5.41, 5.74) is 0. The molecule has 1 aromatic rings. The third-order valence-corrected chi connectivity index (χ3v) is 3.76. The third kappa shape index (κ3) is 3.46. The lowest BCUT2D eigenvalue weighted by atomic mass is 9.92. The molecule has 4 nitrogen and oxygen atoms in total. The second-order valence-electron chi connectivity index (χ2n) is 4.46. The Morgan fingerprint density at radius 2 is 2.22 bits per heavy atom. The summed E-state index contributed by atoms with van der Waals surface area (Å²) in [6, 6.07) is 7.41. The summed E-state index contributed by atoms with van der Waals surface area (Å²) in [6.45, 7) is 1.89. The summed E-state index contributed by atoms with van der Waals surface area (Å²) in [5.74, 6) is -0.349. The lowest BCUT2D eigenvalue weighted by molar-refractivity contribution is -0.144. The monoisotopic (exact) mass is 313 g/mol. The minimum absolute atomic E-state index is 0.165. The molecule has 1 heterocycles. The zero-order chi connectivity index (χ0) is 13.0. The molecule has 5 heteroatoms. The lowest BCUT2D eigenvalue weighted by Crippen LogP contribution is -2.30.